The van der Waals surface area contributed by atoms with Crippen molar-refractivity contribution in [3.63, 3.8) is 0 Å². The molecule has 4 aromatic carbocycles. The maximum Gasteiger partial charge on any atom is 0.123 e. The Kier molecular flexibility index (Phi) is 2.43. The van der Waals surface area contributed by atoms with Crippen molar-refractivity contribution in [1.29, 1.82) is 0 Å². The number of hydrogen-bond acceptors (Lipinski definition) is 0. The molecular weight excluding hydrogens is 319 g/mol. The summed E-state index contributed by atoms with van der Waals surface area (Å²) in [4.78, 5) is 0. The maximum absolute atomic E-state index is 14.0. The van der Waals surface area contributed by atoms with Crippen LogP contribution in [0.4, 0.5) is 4.39 Å². The predicted molar refractivity (Wildman–Crippen MR) is 106 cm³/mol. The highest BCUT2D eigenvalue weighted by Crippen LogP contribution is 2.55. The van der Waals surface area contributed by atoms with Gasteiger partial charge in [-0.25, -0.2) is 4.39 Å². The third-order valence-electron chi connectivity index (χ3n) is 6.29. The van der Waals surface area contributed by atoms with Crippen molar-refractivity contribution < 1.29 is 4.39 Å². The van der Waals surface area contributed by atoms with Crippen LogP contribution in [0.5, 0.6) is 0 Å². The Hall–Kier alpha value is -2.93. The van der Waals surface area contributed by atoms with Gasteiger partial charge in [-0.3, -0.25) is 0 Å². The normalized spacial score (nSPS) is 15.0. The minimum Gasteiger partial charge on any atom is -0.207 e. The zero-order valence-corrected chi connectivity index (χ0v) is 14.7. The van der Waals surface area contributed by atoms with Gasteiger partial charge in [-0.1, -0.05) is 68.4 Å². The Bertz CT molecular complexity index is 1230. The van der Waals surface area contributed by atoms with Gasteiger partial charge < -0.3 is 0 Å². The molecule has 1 heteroatoms. The summed E-state index contributed by atoms with van der Waals surface area (Å²) in [5, 5.41) is 2.68. The van der Waals surface area contributed by atoms with Crippen LogP contribution >= 0.6 is 0 Å². The van der Waals surface area contributed by atoms with Crippen molar-refractivity contribution in [2.24, 2.45) is 0 Å². The molecule has 0 nitrogen and oxygen atoms in total. The van der Waals surface area contributed by atoms with E-state index in [1.807, 2.05) is 6.07 Å². The van der Waals surface area contributed by atoms with Gasteiger partial charge in [0.25, 0.3) is 0 Å². The van der Waals surface area contributed by atoms with Crippen molar-refractivity contribution >= 4 is 10.8 Å². The fourth-order valence-corrected chi connectivity index (χ4v) is 5.06. The summed E-state index contributed by atoms with van der Waals surface area (Å²) in [7, 11) is 0. The van der Waals surface area contributed by atoms with E-state index in [9.17, 15) is 4.39 Å². The first-order valence-electron chi connectivity index (χ1n) is 9.08. The second-order valence-corrected chi connectivity index (χ2v) is 7.93. The minimum atomic E-state index is -0.226. The summed E-state index contributed by atoms with van der Waals surface area (Å²) in [6.07, 6.45) is 0. The largest absolute Gasteiger partial charge is 0.207 e. The van der Waals surface area contributed by atoms with Gasteiger partial charge >= 0.3 is 0 Å². The lowest BCUT2D eigenvalue weighted by Crippen LogP contribution is -2.24. The van der Waals surface area contributed by atoms with Crippen LogP contribution in [0.2, 0.25) is 0 Å². The minimum absolute atomic E-state index is 0.165. The molecule has 0 saturated carbocycles. The summed E-state index contributed by atoms with van der Waals surface area (Å²) in [5.74, 6) is -0.165. The van der Waals surface area contributed by atoms with E-state index in [4.69, 9.17) is 0 Å². The van der Waals surface area contributed by atoms with Crippen molar-refractivity contribution in [3.05, 3.63) is 83.7 Å². The standard InChI is InChI=1S/C25H17F/c1-25(2)21-12-11-19-16-6-4-3-5-15(16)18-9-10-20(24(21)23(18)19)17-8-7-14(26)13-22(17)25/h3-13H,1-2H3. The van der Waals surface area contributed by atoms with Crippen LogP contribution in [0.3, 0.4) is 0 Å². The Morgan fingerprint density at radius 2 is 1.15 bits per heavy atom. The fourth-order valence-electron chi connectivity index (χ4n) is 5.06. The molecule has 2 aliphatic carbocycles. The molecular formula is C25H17F. The van der Waals surface area contributed by atoms with Crippen LogP contribution in [0.1, 0.15) is 25.0 Å². The number of benzene rings is 4. The summed E-state index contributed by atoms with van der Waals surface area (Å²) in [5.41, 5.74) is 9.78. The zero-order valence-electron chi connectivity index (χ0n) is 14.7. The Morgan fingerprint density at radius 1 is 0.577 bits per heavy atom. The molecule has 0 fully saturated rings. The van der Waals surface area contributed by atoms with Gasteiger partial charge in [-0.2, -0.15) is 0 Å². The van der Waals surface area contributed by atoms with Gasteiger partial charge in [0.05, 0.1) is 0 Å². The molecule has 6 rings (SSSR count). The van der Waals surface area contributed by atoms with E-state index >= 15 is 0 Å². The smallest absolute Gasteiger partial charge is 0.123 e. The Labute approximate surface area is 151 Å². The highest BCUT2D eigenvalue weighted by Gasteiger charge is 2.36. The zero-order chi connectivity index (χ0) is 17.6. The first kappa shape index (κ1) is 14.3. The third kappa shape index (κ3) is 1.51. The average Bonchev–Trinajstić information content (AvgIpc) is 2.98. The first-order chi connectivity index (χ1) is 12.6. The van der Waals surface area contributed by atoms with Crippen molar-refractivity contribution in [3.8, 4) is 33.4 Å². The molecule has 4 aromatic rings. The fraction of sp³-hybridized carbons (Fsp3) is 0.120. The van der Waals surface area contributed by atoms with Gasteiger partial charge in [0.1, 0.15) is 5.82 Å². The van der Waals surface area contributed by atoms with E-state index in [1.54, 1.807) is 12.1 Å². The van der Waals surface area contributed by atoms with Crippen LogP contribution in [0.25, 0.3) is 44.2 Å². The molecule has 0 aliphatic heterocycles. The molecule has 2 aliphatic rings. The van der Waals surface area contributed by atoms with E-state index < -0.39 is 0 Å². The van der Waals surface area contributed by atoms with E-state index in [2.05, 4.69) is 62.4 Å². The summed E-state index contributed by atoms with van der Waals surface area (Å²) in [6, 6.07) is 22.8. The molecule has 0 bridgehead atoms. The van der Waals surface area contributed by atoms with Crippen LogP contribution in [-0.2, 0) is 5.41 Å². The predicted octanol–water partition coefficient (Wildman–Crippen LogP) is 6.93. The number of halogens is 1. The van der Waals surface area contributed by atoms with E-state index in [1.165, 1.54) is 44.2 Å². The van der Waals surface area contributed by atoms with Crippen LogP contribution < -0.4 is 0 Å². The van der Waals surface area contributed by atoms with E-state index in [0.717, 1.165) is 11.1 Å². The first-order valence-corrected chi connectivity index (χ1v) is 9.08. The second kappa shape index (κ2) is 4.42. The average molecular weight is 336 g/mol. The number of fused-ring (bicyclic) bond motifs is 5. The van der Waals surface area contributed by atoms with Crippen molar-refractivity contribution in [2.45, 2.75) is 19.3 Å². The quantitative estimate of drug-likeness (QED) is 0.287. The topological polar surface area (TPSA) is 0 Å². The molecule has 0 amide bonds. The van der Waals surface area contributed by atoms with E-state index in [0.29, 0.717) is 0 Å². The van der Waals surface area contributed by atoms with Gasteiger partial charge in [0, 0.05) is 5.41 Å². The van der Waals surface area contributed by atoms with Crippen molar-refractivity contribution in [1.82, 2.24) is 0 Å². The van der Waals surface area contributed by atoms with E-state index in [-0.39, 0.29) is 11.2 Å². The van der Waals surface area contributed by atoms with Gasteiger partial charge in [0.15, 0.2) is 0 Å². The van der Waals surface area contributed by atoms with Gasteiger partial charge in [-0.05, 0) is 67.4 Å². The lowest BCUT2D eigenvalue weighted by atomic mass is 9.68. The molecule has 0 aromatic heterocycles. The number of rotatable bonds is 0. The van der Waals surface area contributed by atoms with Gasteiger partial charge in [0.2, 0.25) is 0 Å². The Balaban J connectivity index is 1.84. The molecule has 0 saturated heterocycles. The van der Waals surface area contributed by atoms with Crippen LogP contribution in [0.15, 0.2) is 66.7 Å². The monoisotopic (exact) mass is 336 g/mol. The lowest BCUT2D eigenvalue weighted by molar-refractivity contribution is 0.602. The maximum atomic E-state index is 14.0. The van der Waals surface area contributed by atoms with Crippen LogP contribution in [-0.4, -0.2) is 0 Å². The van der Waals surface area contributed by atoms with Crippen LogP contribution in [0, 0.1) is 5.82 Å². The highest BCUT2D eigenvalue weighted by molar-refractivity contribution is 6.20. The molecule has 0 atom stereocenters. The highest BCUT2D eigenvalue weighted by atomic mass is 19.1. The number of hydrogen-bond donors (Lipinski definition) is 0. The van der Waals surface area contributed by atoms with Gasteiger partial charge in [-0.15, -0.1) is 0 Å². The third-order valence-corrected chi connectivity index (χ3v) is 6.29. The SMILES string of the molecule is CC1(C)c2cc(F)ccc2-c2ccc3c4c(ccc1c24)-c1ccccc1-3. The molecule has 0 N–H and O–H groups in total. The summed E-state index contributed by atoms with van der Waals surface area (Å²) in [6.45, 7) is 4.42. The molecule has 0 spiro atoms. The molecule has 0 radical (unpaired) electrons. The molecule has 26 heavy (non-hydrogen) atoms. The summed E-state index contributed by atoms with van der Waals surface area (Å²) >= 11 is 0. The molecule has 0 unspecified atom stereocenters. The lowest BCUT2D eigenvalue weighted by Gasteiger charge is -2.35. The van der Waals surface area contributed by atoms with Crippen molar-refractivity contribution in [2.75, 3.05) is 0 Å². The molecule has 124 valence electrons. The molecule has 0 heterocycles. The Morgan fingerprint density at radius 3 is 1.85 bits per heavy atom. The summed E-state index contributed by atoms with van der Waals surface area (Å²) < 4.78 is 14.0. The second-order valence-electron chi connectivity index (χ2n) is 7.93.